The molecule has 0 spiro atoms. The molecule has 0 bridgehead atoms. The SMILES string of the molecule is O=C(C1CCCC1)N1CCN(Cc2nnnn2-c2ccc(Cl)cc2)CC1. The van der Waals surface area contributed by atoms with Crippen molar-refractivity contribution >= 4 is 17.5 Å². The van der Waals surface area contributed by atoms with Gasteiger partial charge in [0.2, 0.25) is 5.91 Å². The van der Waals surface area contributed by atoms with Gasteiger partial charge in [0.25, 0.3) is 0 Å². The number of carbonyl (C=O) groups excluding carboxylic acids is 1. The average Bonchev–Trinajstić information content (AvgIpc) is 3.35. The van der Waals surface area contributed by atoms with Crippen LogP contribution in [0.2, 0.25) is 5.02 Å². The van der Waals surface area contributed by atoms with Gasteiger partial charge in [-0.05, 0) is 47.5 Å². The van der Waals surface area contributed by atoms with E-state index >= 15 is 0 Å². The number of aromatic nitrogens is 4. The minimum atomic E-state index is 0.263. The van der Waals surface area contributed by atoms with Crippen LogP contribution >= 0.6 is 11.6 Å². The lowest BCUT2D eigenvalue weighted by Gasteiger charge is -2.35. The van der Waals surface area contributed by atoms with E-state index in [0.717, 1.165) is 50.5 Å². The van der Waals surface area contributed by atoms with Crippen molar-refractivity contribution in [3.05, 3.63) is 35.1 Å². The van der Waals surface area contributed by atoms with E-state index in [4.69, 9.17) is 11.6 Å². The van der Waals surface area contributed by atoms with E-state index in [1.54, 1.807) is 4.68 Å². The first-order valence-corrected chi connectivity index (χ1v) is 9.63. The second kappa shape index (κ2) is 7.72. The lowest BCUT2D eigenvalue weighted by atomic mass is 10.1. The maximum Gasteiger partial charge on any atom is 0.225 e. The van der Waals surface area contributed by atoms with Gasteiger partial charge in [0.05, 0.1) is 12.2 Å². The standard InChI is InChI=1S/C18H23ClN6O/c19-15-5-7-16(8-6-15)25-17(20-21-22-25)13-23-9-11-24(12-10-23)18(26)14-3-1-2-4-14/h5-8,14H,1-4,9-13H2. The number of halogens is 1. The summed E-state index contributed by atoms with van der Waals surface area (Å²) in [6.07, 6.45) is 4.53. The van der Waals surface area contributed by atoms with Gasteiger partial charge in [-0.3, -0.25) is 9.69 Å². The molecule has 0 N–H and O–H groups in total. The van der Waals surface area contributed by atoms with Gasteiger partial charge in [0.1, 0.15) is 0 Å². The highest BCUT2D eigenvalue weighted by Crippen LogP contribution is 2.27. The van der Waals surface area contributed by atoms with E-state index in [1.165, 1.54) is 12.8 Å². The van der Waals surface area contributed by atoms with Gasteiger partial charge >= 0.3 is 0 Å². The first kappa shape index (κ1) is 17.4. The summed E-state index contributed by atoms with van der Waals surface area (Å²) in [6.45, 7) is 3.95. The number of benzene rings is 1. The fraction of sp³-hybridized carbons (Fsp3) is 0.556. The molecule has 2 aliphatic rings. The summed E-state index contributed by atoms with van der Waals surface area (Å²) in [5, 5.41) is 12.8. The molecule has 2 fully saturated rings. The third-order valence-corrected chi connectivity index (χ3v) is 5.61. The fourth-order valence-corrected chi connectivity index (χ4v) is 3.97. The molecule has 0 atom stereocenters. The van der Waals surface area contributed by atoms with Crippen molar-refractivity contribution in [1.29, 1.82) is 0 Å². The van der Waals surface area contributed by atoms with Crippen molar-refractivity contribution in [2.24, 2.45) is 5.92 Å². The molecule has 2 heterocycles. The molecule has 8 heteroatoms. The molecule has 7 nitrogen and oxygen atoms in total. The Hall–Kier alpha value is -1.99. The Morgan fingerprint density at radius 2 is 1.77 bits per heavy atom. The van der Waals surface area contributed by atoms with E-state index in [2.05, 4.69) is 20.4 Å². The fourth-order valence-electron chi connectivity index (χ4n) is 3.84. The second-order valence-electron chi connectivity index (χ2n) is 7.07. The lowest BCUT2D eigenvalue weighted by Crippen LogP contribution is -2.49. The van der Waals surface area contributed by atoms with Gasteiger partial charge in [-0.25, -0.2) is 0 Å². The van der Waals surface area contributed by atoms with E-state index < -0.39 is 0 Å². The molecule has 0 radical (unpaired) electrons. The molecular weight excluding hydrogens is 352 g/mol. The van der Waals surface area contributed by atoms with Gasteiger partial charge < -0.3 is 4.90 Å². The Balaban J connectivity index is 1.36. The highest BCUT2D eigenvalue weighted by atomic mass is 35.5. The van der Waals surface area contributed by atoms with Crippen LogP contribution in [0.1, 0.15) is 31.5 Å². The number of piperazine rings is 1. The summed E-state index contributed by atoms with van der Waals surface area (Å²) in [6, 6.07) is 7.46. The smallest absolute Gasteiger partial charge is 0.225 e. The van der Waals surface area contributed by atoms with Crippen molar-refractivity contribution in [2.45, 2.75) is 32.2 Å². The van der Waals surface area contributed by atoms with Gasteiger partial charge in [-0.1, -0.05) is 24.4 Å². The third kappa shape index (κ3) is 3.73. The van der Waals surface area contributed by atoms with E-state index in [9.17, 15) is 4.79 Å². The zero-order valence-electron chi connectivity index (χ0n) is 14.7. The molecule has 138 valence electrons. The maximum atomic E-state index is 12.6. The average molecular weight is 375 g/mol. The molecule has 1 saturated heterocycles. The van der Waals surface area contributed by atoms with Crippen LogP contribution in [-0.2, 0) is 11.3 Å². The van der Waals surface area contributed by atoms with E-state index in [1.807, 2.05) is 29.2 Å². The summed E-state index contributed by atoms with van der Waals surface area (Å²) in [5.74, 6) is 1.41. The Kier molecular flexibility index (Phi) is 5.17. The molecule has 1 aliphatic heterocycles. The molecule has 1 aromatic carbocycles. The summed E-state index contributed by atoms with van der Waals surface area (Å²) >= 11 is 5.95. The predicted octanol–water partition coefficient (Wildman–Crippen LogP) is 2.15. The van der Waals surface area contributed by atoms with Crippen LogP contribution in [0.5, 0.6) is 0 Å². The van der Waals surface area contributed by atoms with E-state index in [0.29, 0.717) is 17.5 Å². The summed E-state index contributed by atoms with van der Waals surface area (Å²) in [5.41, 5.74) is 0.893. The number of rotatable bonds is 4. The van der Waals surface area contributed by atoms with Crippen molar-refractivity contribution in [3.8, 4) is 5.69 Å². The molecule has 1 aliphatic carbocycles. The Labute approximate surface area is 157 Å². The predicted molar refractivity (Wildman–Crippen MR) is 98.0 cm³/mol. The highest BCUT2D eigenvalue weighted by molar-refractivity contribution is 6.30. The minimum Gasteiger partial charge on any atom is -0.340 e. The number of nitrogens with zero attached hydrogens (tertiary/aromatic N) is 6. The van der Waals surface area contributed by atoms with Crippen molar-refractivity contribution in [1.82, 2.24) is 30.0 Å². The molecule has 4 rings (SSSR count). The highest BCUT2D eigenvalue weighted by Gasteiger charge is 2.29. The quantitative estimate of drug-likeness (QED) is 0.820. The topological polar surface area (TPSA) is 67.2 Å². The summed E-state index contributed by atoms with van der Waals surface area (Å²) in [7, 11) is 0. The zero-order valence-corrected chi connectivity index (χ0v) is 15.5. The Morgan fingerprint density at radius 1 is 1.08 bits per heavy atom. The number of hydrogen-bond donors (Lipinski definition) is 0. The first-order chi connectivity index (χ1) is 12.7. The van der Waals surface area contributed by atoms with Crippen LogP contribution in [0.25, 0.3) is 5.69 Å². The largest absolute Gasteiger partial charge is 0.340 e. The van der Waals surface area contributed by atoms with Crippen LogP contribution in [-0.4, -0.2) is 62.1 Å². The molecule has 1 aromatic heterocycles. The van der Waals surface area contributed by atoms with Crippen LogP contribution < -0.4 is 0 Å². The molecule has 0 unspecified atom stereocenters. The molecule has 1 saturated carbocycles. The third-order valence-electron chi connectivity index (χ3n) is 5.36. The van der Waals surface area contributed by atoms with Gasteiger partial charge in [-0.2, -0.15) is 4.68 Å². The minimum absolute atomic E-state index is 0.263. The molecule has 2 aromatic rings. The summed E-state index contributed by atoms with van der Waals surface area (Å²) < 4.78 is 1.74. The van der Waals surface area contributed by atoms with Crippen LogP contribution in [0.3, 0.4) is 0 Å². The Morgan fingerprint density at radius 3 is 2.46 bits per heavy atom. The lowest BCUT2D eigenvalue weighted by molar-refractivity contribution is -0.137. The second-order valence-corrected chi connectivity index (χ2v) is 7.50. The monoisotopic (exact) mass is 374 g/mol. The van der Waals surface area contributed by atoms with Crippen LogP contribution in [0, 0.1) is 5.92 Å². The van der Waals surface area contributed by atoms with Crippen LogP contribution in [0.4, 0.5) is 0 Å². The number of hydrogen-bond acceptors (Lipinski definition) is 5. The van der Waals surface area contributed by atoms with Gasteiger partial charge in [0, 0.05) is 37.1 Å². The Bertz CT molecular complexity index is 747. The summed E-state index contributed by atoms with van der Waals surface area (Å²) in [4.78, 5) is 16.9. The number of amides is 1. The normalized spacial score (nSPS) is 19.2. The van der Waals surface area contributed by atoms with Crippen molar-refractivity contribution < 1.29 is 4.79 Å². The van der Waals surface area contributed by atoms with Crippen LogP contribution in [0.15, 0.2) is 24.3 Å². The van der Waals surface area contributed by atoms with Gasteiger partial charge in [-0.15, -0.1) is 5.10 Å². The molecule has 26 heavy (non-hydrogen) atoms. The molecule has 1 amide bonds. The first-order valence-electron chi connectivity index (χ1n) is 9.25. The van der Waals surface area contributed by atoms with Gasteiger partial charge in [0.15, 0.2) is 5.82 Å². The number of tetrazole rings is 1. The molecular formula is C18H23ClN6O. The number of carbonyl (C=O) groups is 1. The van der Waals surface area contributed by atoms with E-state index in [-0.39, 0.29) is 5.92 Å². The maximum absolute atomic E-state index is 12.6. The van der Waals surface area contributed by atoms with Crippen molar-refractivity contribution in [3.63, 3.8) is 0 Å². The zero-order chi connectivity index (χ0) is 17.9. The van der Waals surface area contributed by atoms with Crippen molar-refractivity contribution in [2.75, 3.05) is 26.2 Å².